The van der Waals surface area contributed by atoms with Crippen LogP contribution in [0, 0.1) is 11.7 Å². The molecule has 100 valence electrons. The lowest BCUT2D eigenvalue weighted by Gasteiger charge is -2.35. The highest BCUT2D eigenvalue weighted by Gasteiger charge is 2.24. The van der Waals surface area contributed by atoms with Crippen LogP contribution in [0.4, 0.5) is 10.1 Å². The van der Waals surface area contributed by atoms with E-state index in [1.54, 1.807) is 6.07 Å². The van der Waals surface area contributed by atoms with Gasteiger partial charge in [0, 0.05) is 30.9 Å². The molecule has 1 saturated heterocycles. The van der Waals surface area contributed by atoms with Crippen molar-refractivity contribution in [2.45, 2.75) is 32.4 Å². The van der Waals surface area contributed by atoms with E-state index in [4.69, 9.17) is 5.73 Å². The van der Waals surface area contributed by atoms with Crippen LogP contribution in [0.1, 0.15) is 25.3 Å². The number of hydrogen-bond acceptors (Lipinski definition) is 3. The van der Waals surface area contributed by atoms with Crippen molar-refractivity contribution in [1.29, 1.82) is 0 Å². The molecule has 0 amide bonds. The summed E-state index contributed by atoms with van der Waals surface area (Å²) >= 11 is 0. The minimum absolute atomic E-state index is 0.221. The number of hydrogen-bond donors (Lipinski definition) is 2. The molecule has 1 aliphatic rings. The van der Waals surface area contributed by atoms with E-state index < -0.39 is 0 Å². The van der Waals surface area contributed by atoms with Gasteiger partial charge in [-0.25, -0.2) is 4.39 Å². The van der Waals surface area contributed by atoms with Gasteiger partial charge in [0.2, 0.25) is 0 Å². The van der Waals surface area contributed by atoms with Crippen molar-refractivity contribution in [2.75, 3.05) is 18.0 Å². The Kier molecular flexibility index (Phi) is 4.19. The number of nitrogens with zero attached hydrogens (tertiary/aromatic N) is 1. The number of aliphatic hydroxyl groups excluding tert-OH is 1. The number of benzene rings is 1. The average Bonchev–Trinajstić information content (AvgIpc) is 2.38. The van der Waals surface area contributed by atoms with Crippen LogP contribution in [0.2, 0.25) is 0 Å². The van der Waals surface area contributed by atoms with Crippen molar-refractivity contribution in [3.8, 4) is 0 Å². The summed E-state index contributed by atoms with van der Waals surface area (Å²) < 4.78 is 13.7. The number of anilines is 1. The van der Waals surface area contributed by atoms with Crippen LogP contribution in [-0.4, -0.2) is 24.3 Å². The maximum Gasteiger partial charge on any atom is 0.129 e. The third kappa shape index (κ3) is 2.65. The summed E-state index contributed by atoms with van der Waals surface area (Å²) in [6, 6.07) is 5.10. The molecule has 3 nitrogen and oxygen atoms in total. The zero-order chi connectivity index (χ0) is 13.1. The van der Waals surface area contributed by atoms with Gasteiger partial charge in [0.1, 0.15) is 5.82 Å². The maximum atomic E-state index is 13.7. The Balaban J connectivity index is 2.12. The van der Waals surface area contributed by atoms with Gasteiger partial charge in [0.15, 0.2) is 0 Å². The van der Waals surface area contributed by atoms with E-state index in [9.17, 15) is 9.50 Å². The molecule has 0 radical (unpaired) electrons. The molecule has 0 bridgehead atoms. The van der Waals surface area contributed by atoms with Crippen LogP contribution in [0.5, 0.6) is 0 Å². The molecule has 1 heterocycles. The number of rotatable bonds is 3. The van der Waals surface area contributed by atoms with E-state index in [0.717, 1.165) is 31.6 Å². The van der Waals surface area contributed by atoms with E-state index in [0.29, 0.717) is 11.5 Å². The molecule has 1 aromatic carbocycles. The Morgan fingerprint density at radius 1 is 1.44 bits per heavy atom. The van der Waals surface area contributed by atoms with Gasteiger partial charge in [0.25, 0.3) is 0 Å². The summed E-state index contributed by atoms with van der Waals surface area (Å²) in [4.78, 5) is 2.17. The van der Waals surface area contributed by atoms with Crippen molar-refractivity contribution in [2.24, 2.45) is 11.7 Å². The molecule has 0 aromatic heterocycles. The van der Waals surface area contributed by atoms with E-state index in [1.165, 1.54) is 6.07 Å². The summed E-state index contributed by atoms with van der Waals surface area (Å²) in [5.74, 6) is 0.129. The minimum atomic E-state index is -0.256. The van der Waals surface area contributed by atoms with Crippen LogP contribution in [-0.2, 0) is 6.54 Å². The zero-order valence-electron chi connectivity index (χ0n) is 10.8. The Morgan fingerprint density at radius 2 is 2.11 bits per heavy atom. The van der Waals surface area contributed by atoms with Gasteiger partial charge in [-0.3, -0.25) is 0 Å². The lowest BCUT2D eigenvalue weighted by Crippen LogP contribution is -2.37. The van der Waals surface area contributed by atoms with Crippen LogP contribution < -0.4 is 10.6 Å². The first-order valence-electron chi connectivity index (χ1n) is 6.54. The van der Waals surface area contributed by atoms with Crippen molar-refractivity contribution < 1.29 is 9.50 Å². The number of nitrogens with two attached hydrogens (primary N) is 1. The largest absolute Gasteiger partial charge is 0.393 e. The molecule has 1 unspecified atom stereocenters. The Hall–Kier alpha value is -1.13. The lowest BCUT2D eigenvalue weighted by atomic mass is 9.91. The molecule has 0 spiro atoms. The van der Waals surface area contributed by atoms with Gasteiger partial charge in [0.05, 0.1) is 6.10 Å². The predicted octanol–water partition coefficient (Wildman–Crippen LogP) is 1.88. The molecule has 4 heteroatoms. The molecular weight excluding hydrogens is 231 g/mol. The SMILES string of the molecule is CC(O)C1CCN(c2cccc(F)c2CN)CC1. The third-order valence-electron chi connectivity index (χ3n) is 3.86. The molecule has 18 heavy (non-hydrogen) atoms. The number of aliphatic hydroxyl groups is 1. The fourth-order valence-electron chi connectivity index (χ4n) is 2.67. The van der Waals surface area contributed by atoms with Gasteiger partial charge >= 0.3 is 0 Å². The van der Waals surface area contributed by atoms with Crippen LogP contribution in [0.3, 0.4) is 0 Å². The molecular formula is C14H21FN2O. The standard InChI is InChI=1S/C14H21FN2O/c1-10(18)11-5-7-17(8-6-11)14-4-2-3-13(15)12(14)9-16/h2-4,10-11,18H,5-9,16H2,1H3. The highest BCUT2D eigenvalue weighted by atomic mass is 19.1. The van der Waals surface area contributed by atoms with Gasteiger partial charge in [-0.15, -0.1) is 0 Å². The second kappa shape index (κ2) is 5.67. The molecule has 2 rings (SSSR count). The highest BCUT2D eigenvalue weighted by molar-refractivity contribution is 5.54. The Morgan fingerprint density at radius 3 is 2.67 bits per heavy atom. The molecule has 1 fully saturated rings. The Labute approximate surface area is 107 Å². The fraction of sp³-hybridized carbons (Fsp3) is 0.571. The normalized spacial score (nSPS) is 19.0. The van der Waals surface area contributed by atoms with E-state index in [2.05, 4.69) is 4.90 Å². The quantitative estimate of drug-likeness (QED) is 0.863. The average molecular weight is 252 g/mol. The van der Waals surface area contributed by atoms with Crippen LogP contribution in [0.25, 0.3) is 0 Å². The molecule has 1 aliphatic heterocycles. The van der Waals surface area contributed by atoms with Gasteiger partial charge in [-0.2, -0.15) is 0 Å². The first kappa shape index (κ1) is 13.3. The van der Waals surface area contributed by atoms with Crippen molar-refractivity contribution in [3.05, 3.63) is 29.6 Å². The third-order valence-corrected chi connectivity index (χ3v) is 3.86. The molecule has 0 aliphatic carbocycles. The first-order valence-corrected chi connectivity index (χ1v) is 6.54. The van der Waals surface area contributed by atoms with Crippen LogP contribution in [0.15, 0.2) is 18.2 Å². The zero-order valence-corrected chi connectivity index (χ0v) is 10.8. The molecule has 3 N–H and O–H groups in total. The van der Waals surface area contributed by atoms with E-state index >= 15 is 0 Å². The number of halogens is 1. The predicted molar refractivity (Wildman–Crippen MR) is 70.9 cm³/mol. The number of piperidine rings is 1. The maximum absolute atomic E-state index is 13.7. The first-order chi connectivity index (χ1) is 8.63. The molecule has 1 atom stereocenters. The summed E-state index contributed by atoms with van der Waals surface area (Å²) in [6.07, 6.45) is 1.63. The minimum Gasteiger partial charge on any atom is -0.393 e. The van der Waals surface area contributed by atoms with Gasteiger partial charge in [-0.05, 0) is 37.8 Å². The van der Waals surface area contributed by atoms with Gasteiger partial charge < -0.3 is 15.7 Å². The summed E-state index contributed by atoms with van der Waals surface area (Å²) in [5, 5.41) is 9.58. The smallest absolute Gasteiger partial charge is 0.129 e. The van der Waals surface area contributed by atoms with Crippen molar-refractivity contribution in [3.63, 3.8) is 0 Å². The van der Waals surface area contributed by atoms with E-state index in [-0.39, 0.29) is 18.5 Å². The summed E-state index contributed by atoms with van der Waals surface area (Å²) in [6.45, 7) is 3.77. The molecule has 0 saturated carbocycles. The fourth-order valence-corrected chi connectivity index (χ4v) is 2.67. The highest BCUT2D eigenvalue weighted by Crippen LogP contribution is 2.28. The molecule has 1 aromatic rings. The lowest BCUT2D eigenvalue weighted by molar-refractivity contribution is 0.110. The van der Waals surface area contributed by atoms with Gasteiger partial charge in [-0.1, -0.05) is 6.07 Å². The topological polar surface area (TPSA) is 49.5 Å². The van der Waals surface area contributed by atoms with E-state index in [1.807, 2.05) is 13.0 Å². The van der Waals surface area contributed by atoms with Crippen LogP contribution >= 0.6 is 0 Å². The summed E-state index contributed by atoms with van der Waals surface area (Å²) in [7, 11) is 0. The van der Waals surface area contributed by atoms with Crippen molar-refractivity contribution >= 4 is 5.69 Å². The second-order valence-corrected chi connectivity index (χ2v) is 5.01. The Bertz CT molecular complexity index is 401. The summed E-state index contributed by atoms with van der Waals surface area (Å²) in [5.41, 5.74) is 7.12. The van der Waals surface area contributed by atoms with Crippen molar-refractivity contribution in [1.82, 2.24) is 0 Å². The second-order valence-electron chi connectivity index (χ2n) is 5.01. The monoisotopic (exact) mass is 252 g/mol.